The van der Waals surface area contributed by atoms with Crippen LogP contribution in [0.4, 0.5) is 10.1 Å². The summed E-state index contributed by atoms with van der Waals surface area (Å²) in [7, 11) is 3.63. The Morgan fingerprint density at radius 3 is 2.73 bits per heavy atom. The van der Waals surface area contributed by atoms with E-state index in [1.165, 1.54) is 49.2 Å². The highest BCUT2D eigenvalue weighted by Crippen LogP contribution is 2.24. The molecule has 1 aromatic heterocycles. The van der Waals surface area contributed by atoms with Crippen LogP contribution in [0.2, 0.25) is 5.02 Å². The number of rotatable bonds is 7. The van der Waals surface area contributed by atoms with Crippen LogP contribution < -0.4 is 5.32 Å². The number of hydrogen-bond acceptors (Lipinski definition) is 5. The molecule has 1 fully saturated rings. The molecule has 30 heavy (non-hydrogen) atoms. The predicted octanol–water partition coefficient (Wildman–Crippen LogP) is 3.67. The molecule has 0 spiro atoms. The van der Waals surface area contributed by atoms with Crippen molar-refractivity contribution < 1.29 is 14.0 Å². The number of aromatic nitrogens is 3. The van der Waals surface area contributed by atoms with Gasteiger partial charge in [-0.05, 0) is 31.0 Å². The van der Waals surface area contributed by atoms with Gasteiger partial charge in [0.25, 0.3) is 0 Å². The number of halogens is 2. The largest absolute Gasteiger partial charge is 0.342 e. The summed E-state index contributed by atoms with van der Waals surface area (Å²) in [5.41, 5.74) is 0.402. The maximum absolute atomic E-state index is 13.2. The van der Waals surface area contributed by atoms with Gasteiger partial charge in [0.2, 0.25) is 11.8 Å². The highest BCUT2D eigenvalue weighted by atomic mass is 35.5. The molecule has 1 saturated carbocycles. The summed E-state index contributed by atoms with van der Waals surface area (Å²) in [6, 6.07) is 4.30. The minimum Gasteiger partial charge on any atom is -0.342 e. The summed E-state index contributed by atoms with van der Waals surface area (Å²) >= 11 is 7.04. The lowest BCUT2D eigenvalue weighted by Crippen LogP contribution is -2.39. The van der Waals surface area contributed by atoms with E-state index in [0.29, 0.717) is 22.7 Å². The van der Waals surface area contributed by atoms with E-state index in [1.807, 2.05) is 11.9 Å². The average Bonchev–Trinajstić information content (AvgIpc) is 3.08. The van der Waals surface area contributed by atoms with Crippen LogP contribution in [-0.2, 0) is 23.1 Å². The summed E-state index contributed by atoms with van der Waals surface area (Å²) in [6.45, 7) is 0. The summed E-state index contributed by atoms with van der Waals surface area (Å²) < 4.78 is 14.9. The standard InChI is InChI=1S/C20H25ClFN5O2S/c1-26(14-6-4-3-5-7-14)19(29)12-30-20-25-24-17(27(20)2)11-18(28)23-13-8-9-16(22)15(21)10-13/h8-10,14H,3-7,11-12H2,1-2H3,(H,23,28). The van der Waals surface area contributed by atoms with Crippen molar-refractivity contribution in [2.75, 3.05) is 18.1 Å². The molecule has 0 aliphatic heterocycles. The van der Waals surface area contributed by atoms with E-state index in [0.717, 1.165) is 12.8 Å². The Labute approximate surface area is 184 Å². The van der Waals surface area contributed by atoms with Crippen molar-refractivity contribution in [3.05, 3.63) is 34.9 Å². The third-order valence-corrected chi connectivity index (χ3v) is 6.58. The zero-order valence-corrected chi connectivity index (χ0v) is 18.6. The van der Waals surface area contributed by atoms with Crippen LogP contribution in [0.1, 0.15) is 37.9 Å². The number of nitrogens with zero attached hydrogens (tertiary/aromatic N) is 4. The highest BCUT2D eigenvalue weighted by molar-refractivity contribution is 7.99. The van der Waals surface area contributed by atoms with Gasteiger partial charge in [0.15, 0.2) is 5.16 Å². The van der Waals surface area contributed by atoms with Crippen LogP contribution in [0.15, 0.2) is 23.4 Å². The summed E-state index contributed by atoms with van der Waals surface area (Å²) in [5.74, 6) is -0.0518. The van der Waals surface area contributed by atoms with E-state index in [1.54, 1.807) is 11.6 Å². The summed E-state index contributed by atoms with van der Waals surface area (Å²) in [5, 5.41) is 11.3. The first kappa shape index (κ1) is 22.6. The Morgan fingerprint density at radius 2 is 2.03 bits per heavy atom. The third-order valence-electron chi connectivity index (χ3n) is 5.29. The van der Waals surface area contributed by atoms with Crippen molar-refractivity contribution in [1.82, 2.24) is 19.7 Å². The molecule has 1 N–H and O–H groups in total. The van der Waals surface area contributed by atoms with Crippen molar-refractivity contribution in [2.24, 2.45) is 7.05 Å². The van der Waals surface area contributed by atoms with E-state index >= 15 is 0 Å². The van der Waals surface area contributed by atoms with E-state index < -0.39 is 5.82 Å². The molecular formula is C20H25ClFN5O2S. The molecule has 0 bridgehead atoms. The fourth-order valence-corrected chi connectivity index (χ4v) is 4.48. The number of carbonyl (C=O) groups is 2. The Bertz CT molecular complexity index is 917. The van der Waals surface area contributed by atoms with Gasteiger partial charge in [0.05, 0.1) is 17.2 Å². The number of benzene rings is 1. The van der Waals surface area contributed by atoms with Crippen molar-refractivity contribution in [3.8, 4) is 0 Å². The molecule has 162 valence electrons. The lowest BCUT2D eigenvalue weighted by Gasteiger charge is -2.31. The van der Waals surface area contributed by atoms with Gasteiger partial charge in [0, 0.05) is 25.8 Å². The number of nitrogens with one attached hydrogen (secondary N) is 1. The summed E-state index contributed by atoms with van der Waals surface area (Å²) in [6.07, 6.45) is 5.72. The zero-order valence-electron chi connectivity index (χ0n) is 17.0. The Hall–Kier alpha value is -2.13. The second kappa shape index (κ2) is 10.3. The predicted molar refractivity (Wildman–Crippen MR) is 115 cm³/mol. The van der Waals surface area contributed by atoms with Gasteiger partial charge in [-0.2, -0.15) is 0 Å². The first-order chi connectivity index (χ1) is 14.3. The Morgan fingerprint density at radius 1 is 1.30 bits per heavy atom. The first-order valence-corrected chi connectivity index (χ1v) is 11.2. The van der Waals surface area contributed by atoms with E-state index in [9.17, 15) is 14.0 Å². The fourth-order valence-electron chi connectivity index (χ4n) is 3.45. The monoisotopic (exact) mass is 453 g/mol. The number of thioether (sulfide) groups is 1. The van der Waals surface area contributed by atoms with Gasteiger partial charge in [-0.3, -0.25) is 9.59 Å². The Balaban J connectivity index is 1.52. The molecule has 2 amide bonds. The average molecular weight is 454 g/mol. The zero-order chi connectivity index (χ0) is 21.7. The van der Waals surface area contributed by atoms with Crippen LogP contribution in [-0.4, -0.2) is 50.3 Å². The second-order valence-electron chi connectivity index (χ2n) is 7.40. The Kier molecular flexibility index (Phi) is 7.71. The van der Waals surface area contributed by atoms with Crippen molar-refractivity contribution in [2.45, 2.75) is 49.7 Å². The van der Waals surface area contributed by atoms with Crippen molar-refractivity contribution >= 4 is 40.9 Å². The smallest absolute Gasteiger partial charge is 0.233 e. The lowest BCUT2D eigenvalue weighted by molar-refractivity contribution is -0.129. The minimum atomic E-state index is -0.548. The van der Waals surface area contributed by atoms with Crippen molar-refractivity contribution in [1.29, 1.82) is 0 Å². The second-order valence-corrected chi connectivity index (χ2v) is 8.75. The van der Waals surface area contributed by atoms with E-state index in [2.05, 4.69) is 15.5 Å². The molecule has 1 heterocycles. The molecule has 0 atom stereocenters. The van der Waals surface area contributed by atoms with Gasteiger partial charge in [-0.1, -0.05) is 42.6 Å². The molecule has 0 radical (unpaired) electrons. The maximum atomic E-state index is 13.2. The molecule has 1 aliphatic carbocycles. The van der Waals surface area contributed by atoms with Crippen LogP contribution >= 0.6 is 23.4 Å². The van der Waals surface area contributed by atoms with Gasteiger partial charge >= 0.3 is 0 Å². The highest BCUT2D eigenvalue weighted by Gasteiger charge is 2.23. The molecule has 1 aromatic carbocycles. The van der Waals surface area contributed by atoms with Gasteiger partial charge in [-0.25, -0.2) is 4.39 Å². The van der Waals surface area contributed by atoms with Gasteiger partial charge in [0.1, 0.15) is 11.6 Å². The van der Waals surface area contributed by atoms with Gasteiger partial charge < -0.3 is 14.8 Å². The maximum Gasteiger partial charge on any atom is 0.233 e. The van der Waals surface area contributed by atoms with E-state index in [4.69, 9.17) is 11.6 Å². The normalized spacial score (nSPS) is 14.5. The van der Waals surface area contributed by atoms with Crippen LogP contribution in [0.5, 0.6) is 0 Å². The molecule has 10 heteroatoms. The molecule has 0 unspecified atom stereocenters. The van der Waals surface area contributed by atoms with E-state index in [-0.39, 0.29) is 29.0 Å². The number of amides is 2. The topological polar surface area (TPSA) is 80.1 Å². The number of anilines is 1. The van der Waals surface area contributed by atoms with Crippen LogP contribution in [0, 0.1) is 5.82 Å². The minimum absolute atomic E-state index is 0.00498. The SMILES string of the molecule is CN(C(=O)CSc1nnc(CC(=O)Nc2ccc(F)c(Cl)c2)n1C)C1CCCCC1. The molecule has 1 aliphatic rings. The number of carbonyl (C=O) groups excluding carboxylic acids is 2. The van der Waals surface area contributed by atoms with Crippen molar-refractivity contribution in [3.63, 3.8) is 0 Å². The fraction of sp³-hybridized carbons (Fsp3) is 0.500. The first-order valence-electron chi connectivity index (χ1n) is 9.86. The molecular weight excluding hydrogens is 429 g/mol. The number of hydrogen-bond donors (Lipinski definition) is 1. The molecule has 0 saturated heterocycles. The quantitative estimate of drug-likeness (QED) is 0.647. The van der Waals surface area contributed by atoms with Crippen LogP contribution in [0.3, 0.4) is 0 Å². The molecule has 7 nitrogen and oxygen atoms in total. The van der Waals surface area contributed by atoms with Crippen LogP contribution in [0.25, 0.3) is 0 Å². The molecule has 3 rings (SSSR count). The van der Waals surface area contributed by atoms with Gasteiger partial charge in [-0.15, -0.1) is 10.2 Å². The summed E-state index contributed by atoms with van der Waals surface area (Å²) in [4.78, 5) is 26.6. The lowest BCUT2D eigenvalue weighted by atomic mass is 9.94. The molecule has 2 aromatic rings. The third kappa shape index (κ3) is 5.72.